The average molecular weight is 275 g/mol. The molecule has 0 saturated carbocycles. The van der Waals surface area contributed by atoms with Crippen LogP contribution in [0.25, 0.3) is 0 Å². The number of carboxylic acid groups (broad SMARTS) is 1. The molecule has 0 amide bonds. The molecule has 0 aliphatic carbocycles. The highest BCUT2D eigenvalue weighted by Gasteiger charge is 2.28. The number of aliphatic carboxylic acids is 1. The van der Waals surface area contributed by atoms with E-state index in [1.54, 1.807) is 18.2 Å². The molecule has 1 aliphatic rings. The van der Waals surface area contributed by atoms with Crippen molar-refractivity contribution in [2.45, 2.75) is 31.7 Å². The van der Waals surface area contributed by atoms with Crippen LogP contribution in [0.4, 0.5) is 4.39 Å². The summed E-state index contributed by atoms with van der Waals surface area (Å²) in [4.78, 5) is 15.5. The van der Waals surface area contributed by atoms with Crippen molar-refractivity contribution < 1.29 is 14.3 Å². The highest BCUT2D eigenvalue weighted by molar-refractivity contribution is 5.71. The Labute approximate surface area is 115 Å². The van der Waals surface area contributed by atoms with E-state index in [1.165, 1.54) is 10.7 Å². The van der Waals surface area contributed by atoms with Gasteiger partial charge in [-0.1, -0.05) is 18.2 Å². The molecule has 1 aromatic carbocycles. The number of hydrogen-bond donors (Lipinski definition) is 1. The molecule has 104 valence electrons. The summed E-state index contributed by atoms with van der Waals surface area (Å²) in [7, 11) is 0. The zero-order valence-electron chi connectivity index (χ0n) is 10.8. The lowest BCUT2D eigenvalue weighted by molar-refractivity contribution is -0.141. The van der Waals surface area contributed by atoms with Crippen LogP contribution in [0, 0.1) is 5.82 Å². The summed E-state index contributed by atoms with van der Waals surface area (Å²) in [5.41, 5.74) is 0.516. The largest absolute Gasteiger partial charge is 0.480 e. The maximum atomic E-state index is 13.6. The van der Waals surface area contributed by atoms with Crippen molar-refractivity contribution in [2.75, 3.05) is 0 Å². The first kappa shape index (κ1) is 12.8. The summed E-state index contributed by atoms with van der Waals surface area (Å²) in [6, 6.07) is 5.81. The Hall–Kier alpha value is -2.24. The van der Waals surface area contributed by atoms with Crippen molar-refractivity contribution in [1.29, 1.82) is 0 Å². The topological polar surface area (TPSA) is 68.0 Å². The first-order chi connectivity index (χ1) is 9.65. The second-order valence-corrected chi connectivity index (χ2v) is 4.90. The molecule has 1 aromatic heterocycles. The third-order valence-electron chi connectivity index (χ3n) is 3.51. The van der Waals surface area contributed by atoms with E-state index in [1.807, 2.05) is 0 Å². The predicted octanol–water partition coefficient (Wildman–Crippen LogP) is 1.97. The number of aryl methyl sites for hydroxylation is 1. The Morgan fingerprint density at radius 3 is 3.00 bits per heavy atom. The summed E-state index contributed by atoms with van der Waals surface area (Å²) in [6.45, 7) is 0. The van der Waals surface area contributed by atoms with Crippen LogP contribution in [0.15, 0.2) is 24.3 Å². The fourth-order valence-corrected chi connectivity index (χ4v) is 2.52. The minimum atomic E-state index is -0.895. The number of fused-ring (bicyclic) bond motifs is 1. The Morgan fingerprint density at radius 1 is 1.45 bits per heavy atom. The van der Waals surface area contributed by atoms with Crippen molar-refractivity contribution in [3.05, 3.63) is 47.3 Å². The smallest absolute Gasteiger partial charge is 0.328 e. The lowest BCUT2D eigenvalue weighted by Gasteiger charge is -2.19. The third kappa shape index (κ3) is 2.29. The van der Waals surface area contributed by atoms with Crippen LogP contribution < -0.4 is 0 Å². The van der Waals surface area contributed by atoms with Gasteiger partial charge in [0.05, 0.1) is 0 Å². The molecule has 1 N–H and O–H groups in total. The lowest BCUT2D eigenvalue weighted by Crippen LogP contribution is -2.26. The Kier molecular flexibility index (Phi) is 3.22. The fourth-order valence-electron chi connectivity index (χ4n) is 2.52. The SMILES string of the molecule is O=C(O)C1CCCc2nc(Cc3ccccc3F)nn21. The van der Waals surface area contributed by atoms with E-state index in [4.69, 9.17) is 0 Å². The standard InChI is InChI=1S/C14H14FN3O2/c15-10-5-2-1-4-9(10)8-12-16-13-7-3-6-11(14(19)20)18(13)17-12/h1-2,4-5,11H,3,6-8H2,(H,19,20). The molecule has 0 spiro atoms. The monoisotopic (exact) mass is 275 g/mol. The molecule has 5 nitrogen and oxygen atoms in total. The highest BCUT2D eigenvalue weighted by atomic mass is 19.1. The zero-order valence-corrected chi connectivity index (χ0v) is 10.8. The summed E-state index contributed by atoms with van der Waals surface area (Å²) in [5, 5.41) is 13.4. The molecule has 1 aliphatic heterocycles. The molecule has 20 heavy (non-hydrogen) atoms. The summed E-state index contributed by atoms with van der Waals surface area (Å²) in [6.07, 6.45) is 2.34. The van der Waals surface area contributed by atoms with Crippen molar-refractivity contribution in [3.8, 4) is 0 Å². The number of nitrogens with zero attached hydrogens (tertiary/aromatic N) is 3. The van der Waals surface area contributed by atoms with Gasteiger partial charge in [-0.2, -0.15) is 5.10 Å². The van der Waals surface area contributed by atoms with E-state index in [0.29, 0.717) is 30.1 Å². The summed E-state index contributed by atoms with van der Waals surface area (Å²) < 4.78 is 15.1. The van der Waals surface area contributed by atoms with Crippen LogP contribution in [0.5, 0.6) is 0 Å². The van der Waals surface area contributed by atoms with Gasteiger partial charge in [0, 0.05) is 12.8 Å². The molecule has 0 saturated heterocycles. The maximum absolute atomic E-state index is 13.6. The van der Waals surface area contributed by atoms with Gasteiger partial charge < -0.3 is 5.11 Å². The van der Waals surface area contributed by atoms with E-state index in [2.05, 4.69) is 10.1 Å². The van der Waals surface area contributed by atoms with E-state index in [9.17, 15) is 14.3 Å². The minimum absolute atomic E-state index is 0.277. The van der Waals surface area contributed by atoms with Gasteiger partial charge in [-0.05, 0) is 24.5 Å². The van der Waals surface area contributed by atoms with Crippen LogP contribution in [0.1, 0.15) is 36.1 Å². The Bertz CT molecular complexity index is 654. The van der Waals surface area contributed by atoms with Gasteiger partial charge in [-0.25, -0.2) is 18.9 Å². The molecule has 6 heteroatoms. The molecule has 0 fully saturated rings. The van der Waals surface area contributed by atoms with E-state index >= 15 is 0 Å². The third-order valence-corrected chi connectivity index (χ3v) is 3.51. The molecular weight excluding hydrogens is 261 g/mol. The van der Waals surface area contributed by atoms with Gasteiger partial charge in [0.2, 0.25) is 0 Å². The van der Waals surface area contributed by atoms with Crippen LogP contribution in [-0.4, -0.2) is 25.8 Å². The summed E-state index contributed by atoms with van der Waals surface area (Å²) >= 11 is 0. The van der Waals surface area contributed by atoms with E-state index < -0.39 is 12.0 Å². The van der Waals surface area contributed by atoms with Crippen molar-refractivity contribution in [1.82, 2.24) is 14.8 Å². The van der Waals surface area contributed by atoms with Crippen LogP contribution in [0.2, 0.25) is 0 Å². The second kappa shape index (κ2) is 5.03. The van der Waals surface area contributed by atoms with Gasteiger partial charge in [0.1, 0.15) is 11.6 Å². The number of halogens is 1. The molecule has 3 rings (SSSR count). The van der Waals surface area contributed by atoms with Gasteiger partial charge >= 0.3 is 5.97 Å². The number of aromatic nitrogens is 3. The zero-order chi connectivity index (χ0) is 14.1. The average Bonchev–Trinajstić information content (AvgIpc) is 2.83. The number of hydrogen-bond acceptors (Lipinski definition) is 3. The molecule has 1 unspecified atom stereocenters. The Balaban J connectivity index is 1.90. The van der Waals surface area contributed by atoms with Crippen LogP contribution in [-0.2, 0) is 17.6 Å². The molecule has 2 heterocycles. The summed E-state index contributed by atoms with van der Waals surface area (Å²) in [5.74, 6) is -0.0448. The van der Waals surface area contributed by atoms with Gasteiger partial charge in [0.15, 0.2) is 11.9 Å². The van der Waals surface area contributed by atoms with Gasteiger partial charge in [-0.3, -0.25) is 0 Å². The number of benzene rings is 1. The molecule has 0 bridgehead atoms. The second-order valence-electron chi connectivity index (χ2n) is 4.90. The lowest BCUT2D eigenvalue weighted by atomic mass is 10.1. The van der Waals surface area contributed by atoms with Gasteiger partial charge in [0.25, 0.3) is 0 Å². The van der Waals surface area contributed by atoms with Crippen molar-refractivity contribution in [2.24, 2.45) is 0 Å². The fraction of sp³-hybridized carbons (Fsp3) is 0.357. The Morgan fingerprint density at radius 2 is 2.25 bits per heavy atom. The minimum Gasteiger partial charge on any atom is -0.480 e. The number of rotatable bonds is 3. The van der Waals surface area contributed by atoms with Gasteiger partial charge in [-0.15, -0.1) is 0 Å². The highest BCUT2D eigenvalue weighted by Crippen LogP contribution is 2.24. The van der Waals surface area contributed by atoms with E-state index in [0.717, 1.165) is 6.42 Å². The molecular formula is C14H14FN3O2. The first-order valence-corrected chi connectivity index (χ1v) is 6.55. The van der Waals surface area contributed by atoms with Crippen molar-refractivity contribution in [3.63, 3.8) is 0 Å². The first-order valence-electron chi connectivity index (χ1n) is 6.55. The molecule has 2 aromatic rings. The quantitative estimate of drug-likeness (QED) is 0.930. The number of carbonyl (C=O) groups is 1. The van der Waals surface area contributed by atoms with Crippen molar-refractivity contribution >= 4 is 5.97 Å². The molecule has 0 radical (unpaired) electrons. The maximum Gasteiger partial charge on any atom is 0.328 e. The van der Waals surface area contributed by atoms with E-state index in [-0.39, 0.29) is 12.2 Å². The normalized spacial score (nSPS) is 17.8. The predicted molar refractivity (Wildman–Crippen MR) is 68.8 cm³/mol. The molecule has 1 atom stereocenters. The van der Waals surface area contributed by atoms with Crippen LogP contribution >= 0.6 is 0 Å². The van der Waals surface area contributed by atoms with Crippen LogP contribution in [0.3, 0.4) is 0 Å². The number of carboxylic acids is 1.